The zero-order chi connectivity index (χ0) is 24.2. The van der Waals surface area contributed by atoms with Crippen LogP contribution in [0.5, 0.6) is 0 Å². The Morgan fingerprint density at radius 1 is 1.24 bits per heavy atom. The normalized spacial score (nSPS) is 22.6. The Morgan fingerprint density at radius 3 is 2.59 bits per heavy atom. The lowest BCUT2D eigenvalue weighted by Crippen LogP contribution is -2.50. The molecule has 1 saturated carbocycles. The number of halogens is 1. The van der Waals surface area contributed by atoms with Gasteiger partial charge in [0, 0.05) is 36.6 Å². The molecule has 34 heavy (non-hydrogen) atoms. The van der Waals surface area contributed by atoms with Gasteiger partial charge in [0.05, 0.1) is 11.6 Å². The van der Waals surface area contributed by atoms with Gasteiger partial charge >= 0.3 is 0 Å². The predicted molar refractivity (Wildman–Crippen MR) is 134 cm³/mol. The summed E-state index contributed by atoms with van der Waals surface area (Å²) >= 11 is 6.77. The predicted octanol–water partition coefficient (Wildman–Crippen LogP) is 4.11. The molecule has 1 atom stereocenters. The second kappa shape index (κ2) is 8.41. The number of benzene rings is 1. The van der Waals surface area contributed by atoms with Crippen molar-refractivity contribution in [2.24, 2.45) is 5.92 Å². The first kappa shape index (κ1) is 22.9. The first-order valence-electron chi connectivity index (χ1n) is 11.6. The van der Waals surface area contributed by atoms with Crippen LogP contribution in [0.2, 0.25) is 5.15 Å². The Labute approximate surface area is 204 Å². The van der Waals surface area contributed by atoms with Gasteiger partial charge in [0.1, 0.15) is 16.5 Å². The summed E-state index contributed by atoms with van der Waals surface area (Å²) in [7, 11) is 1.98. The van der Waals surface area contributed by atoms with Crippen LogP contribution >= 0.6 is 11.6 Å². The van der Waals surface area contributed by atoms with Gasteiger partial charge in [-0.05, 0) is 62.8 Å². The highest BCUT2D eigenvalue weighted by Crippen LogP contribution is 2.37. The van der Waals surface area contributed by atoms with Crippen molar-refractivity contribution in [2.45, 2.75) is 51.3 Å². The van der Waals surface area contributed by atoms with E-state index in [1.165, 1.54) is 0 Å². The molecule has 1 unspecified atom stereocenters. The molecule has 1 aromatic carbocycles. The summed E-state index contributed by atoms with van der Waals surface area (Å²) < 4.78 is 1.80. The summed E-state index contributed by atoms with van der Waals surface area (Å²) in [5, 5.41) is 15.7. The molecule has 1 aliphatic carbocycles. The van der Waals surface area contributed by atoms with E-state index in [2.05, 4.69) is 29.9 Å². The molecule has 1 aliphatic heterocycles. The average molecular weight is 480 g/mol. The number of aromatic nitrogens is 2. The smallest absolute Gasteiger partial charge is 0.251 e. The maximum Gasteiger partial charge on any atom is 0.251 e. The second-order valence-corrected chi connectivity index (χ2v) is 10.3. The Bertz CT molecular complexity index is 1290. The van der Waals surface area contributed by atoms with Crippen LogP contribution in [0, 0.1) is 5.92 Å². The molecule has 0 spiro atoms. The summed E-state index contributed by atoms with van der Waals surface area (Å²) in [6.07, 6.45) is 5.44. The van der Waals surface area contributed by atoms with Gasteiger partial charge in [0.2, 0.25) is 0 Å². The Kier molecular flexibility index (Phi) is 5.67. The zero-order valence-electron chi connectivity index (χ0n) is 19.8. The number of carbonyl (C=O) groups excluding carboxylic acids is 1. The quantitative estimate of drug-likeness (QED) is 0.513. The number of aliphatic hydroxyl groups is 1. The van der Waals surface area contributed by atoms with Crippen LogP contribution in [0.15, 0.2) is 48.8 Å². The van der Waals surface area contributed by atoms with Crippen molar-refractivity contribution in [2.75, 3.05) is 7.05 Å². The third-order valence-electron chi connectivity index (χ3n) is 6.99. The average Bonchev–Trinajstić information content (AvgIpc) is 3.27. The minimum atomic E-state index is -0.711. The van der Waals surface area contributed by atoms with Crippen molar-refractivity contribution in [3.05, 3.63) is 65.1 Å². The number of hydrogen-bond donors (Lipinski definition) is 3. The van der Waals surface area contributed by atoms with Crippen molar-refractivity contribution in [3.8, 4) is 11.3 Å². The van der Waals surface area contributed by atoms with Crippen molar-refractivity contribution in [3.63, 3.8) is 0 Å². The monoisotopic (exact) mass is 479 g/mol. The molecule has 2 aliphatic rings. The van der Waals surface area contributed by atoms with Gasteiger partial charge in [-0.1, -0.05) is 35.9 Å². The molecule has 0 saturated heterocycles. The molecule has 8 heteroatoms. The number of nitrogens with zero attached hydrogens (tertiary/aromatic N) is 3. The number of carbonyl (C=O) groups is 1. The molecule has 1 amide bonds. The van der Waals surface area contributed by atoms with E-state index in [0.29, 0.717) is 22.1 Å². The summed E-state index contributed by atoms with van der Waals surface area (Å²) in [5.41, 5.74) is 7.68. The third-order valence-corrected chi connectivity index (χ3v) is 7.35. The lowest BCUT2D eigenvalue weighted by atomic mass is 9.71. The van der Waals surface area contributed by atoms with E-state index >= 15 is 0 Å². The molecule has 7 nitrogen and oxygen atoms in total. The number of nitrogens with one attached hydrogen (secondary N) is 2. The van der Waals surface area contributed by atoms with Gasteiger partial charge in [0.25, 0.3) is 5.91 Å². The van der Waals surface area contributed by atoms with Crippen molar-refractivity contribution in [1.82, 2.24) is 25.1 Å². The molecular formula is C26H30ClN5O2. The first-order valence-corrected chi connectivity index (χ1v) is 12.0. The fourth-order valence-corrected chi connectivity index (χ4v) is 5.17. The fourth-order valence-electron chi connectivity index (χ4n) is 4.89. The Hall–Kier alpha value is -2.87. The van der Waals surface area contributed by atoms with E-state index < -0.39 is 5.60 Å². The molecule has 2 aromatic heterocycles. The topological polar surface area (TPSA) is 81.9 Å². The molecule has 0 radical (unpaired) electrons. The third kappa shape index (κ3) is 4.08. The second-order valence-electron chi connectivity index (χ2n) is 9.98. The molecule has 3 N–H and O–H groups in total. The van der Waals surface area contributed by atoms with E-state index in [1.54, 1.807) is 22.7 Å². The molecule has 1 fully saturated rings. The highest BCUT2D eigenvalue weighted by atomic mass is 35.5. The van der Waals surface area contributed by atoms with Gasteiger partial charge in [-0.3, -0.25) is 9.20 Å². The minimum Gasteiger partial charge on any atom is -0.390 e. The van der Waals surface area contributed by atoms with Crippen molar-refractivity contribution >= 4 is 28.7 Å². The van der Waals surface area contributed by atoms with Gasteiger partial charge in [-0.25, -0.2) is 10.4 Å². The number of pyridine rings is 1. The molecular weight excluding hydrogens is 450 g/mol. The number of fused-ring (bicyclic) bond motifs is 1. The van der Waals surface area contributed by atoms with Gasteiger partial charge < -0.3 is 15.4 Å². The number of imidazole rings is 1. The first-order chi connectivity index (χ1) is 16.1. The summed E-state index contributed by atoms with van der Waals surface area (Å²) in [6.45, 7) is 5.76. The van der Waals surface area contributed by atoms with Gasteiger partial charge in [-0.2, -0.15) is 0 Å². The molecule has 3 aromatic rings. The van der Waals surface area contributed by atoms with E-state index in [4.69, 9.17) is 16.6 Å². The van der Waals surface area contributed by atoms with Crippen LogP contribution in [-0.4, -0.2) is 50.1 Å². The highest BCUT2D eigenvalue weighted by Gasteiger charge is 2.39. The van der Waals surface area contributed by atoms with E-state index in [9.17, 15) is 9.90 Å². The number of hydrogen-bond acceptors (Lipinski definition) is 5. The summed E-state index contributed by atoms with van der Waals surface area (Å²) in [6, 6.07) is 11.9. The van der Waals surface area contributed by atoms with Crippen molar-refractivity contribution in [1.29, 1.82) is 0 Å². The van der Waals surface area contributed by atoms with Crippen LogP contribution in [0.25, 0.3) is 22.5 Å². The Balaban J connectivity index is 1.42. The highest BCUT2D eigenvalue weighted by molar-refractivity contribution is 6.32. The van der Waals surface area contributed by atoms with E-state index in [-0.39, 0.29) is 23.9 Å². The molecule has 0 bridgehead atoms. The number of rotatable bonds is 5. The van der Waals surface area contributed by atoms with E-state index in [1.807, 2.05) is 44.1 Å². The zero-order valence-corrected chi connectivity index (χ0v) is 20.6. The van der Waals surface area contributed by atoms with Crippen LogP contribution in [0.3, 0.4) is 0 Å². The largest absolute Gasteiger partial charge is 0.390 e. The van der Waals surface area contributed by atoms with Gasteiger partial charge in [-0.15, -0.1) is 0 Å². The fraction of sp³-hybridized carbons (Fsp3) is 0.385. The van der Waals surface area contributed by atoms with Crippen LogP contribution in [0.4, 0.5) is 0 Å². The maximum atomic E-state index is 12.8. The van der Waals surface area contributed by atoms with Gasteiger partial charge in [0.15, 0.2) is 0 Å². The minimum absolute atomic E-state index is 0.0827. The number of hydrazine groups is 1. The van der Waals surface area contributed by atoms with E-state index in [0.717, 1.165) is 29.5 Å². The summed E-state index contributed by atoms with van der Waals surface area (Å²) in [4.78, 5) is 17.7. The lowest BCUT2D eigenvalue weighted by Gasteiger charge is -2.42. The SMILES string of the molecule is CC1NN(C)C=C1c1ccccc1-c1nc2cc(C(=O)NC3CC(C(C)(C)O)C3)ccn2c1Cl. The maximum absolute atomic E-state index is 12.8. The van der Waals surface area contributed by atoms with Crippen LogP contribution in [0.1, 0.15) is 49.5 Å². The van der Waals surface area contributed by atoms with Crippen LogP contribution in [-0.2, 0) is 0 Å². The molecule has 178 valence electrons. The Morgan fingerprint density at radius 2 is 1.94 bits per heavy atom. The number of amides is 1. The van der Waals surface area contributed by atoms with Crippen LogP contribution < -0.4 is 10.7 Å². The van der Waals surface area contributed by atoms with Crippen molar-refractivity contribution < 1.29 is 9.90 Å². The molecule has 5 rings (SSSR count). The standard InChI is InChI=1S/C26H30ClN5O2/c1-15-21(14-31(4)30-15)19-7-5-6-8-20(19)23-24(27)32-10-9-16(11-22(32)29-23)25(33)28-18-12-17(13-18)26(2,3)34/h5-11,14-15,17-18,30,34H,12-13H2,1-4H3,(H,28,33). The lowest BCUT2D eigenvalue weighted by molar-refractivity contribution is -0.0309. The molecule has 3 heterocycles. The summed E-state index contributed by atoms with van der Waals surface area (Å²) in [5.74, 6) is 0.0727.